The Morgan fingerprint density at radius 3 is 2.69 bits per heavy atom. The lowest BCUT2D eigenvalue weighted by Crippen LogP contribution is -2.49. The molecule has 0 spiro atoms. The van der Waals surface area contributed by atoms with Crippen molar-refractivity contribution in [2.24, 2.45) is 5.92 Å². The quantitative estimate of drug-likeness (QED) is 0.517. The molecule has 0 aliphatic carbocycles. The van der Waals surface area contributed by atoms with E-state index in [2.05, 4.69) is 21.8 Å². The Hall–Kier alpha value is -3.49. The molecule has 0 unspecified atom stereocenters. The maximum Gasteiger partial charge on any atom is 0.259 e. The Bertz CT molecular complexity index is 1170. The molecular formula is C28H34N4O4. The van der Waals surface area contributed by atoms with Crippen LogP contribution >= 0.6 is 0 Å². The van der Waals surface area contributed by atoms with Crippen LogP contribution in [0, 0.1) is 5.92 Å². The van der Waals surface area contributed by atoms with Gasteiger partial charge in [-0.15, -0.1) is 0 Å². The first-order chi connectivity index (χ1) is 17.4. The molecular weight excluding hydrogens is 456 g/mol. The van der Waals surface area contributed by atoms with Gasteiger partial charge in [0, 0.05) is 55.3 Å². The Morgan fingerprint density at radius 2 is 1.97 bits per heavy atom. The molecule has 36 heavy (non-hydrogen) atoms. The first-order valence-electron chi connectivity index (χ1n) is 12.2. The van der Waals surface area contributed by atoms with Gasteiger partial charge in [-0.25, -0.2) is 4.98 Å². The van der Waals surface area contributed by atoms with E-state index in [-0.39, 0.29) is 30.6 Å². The van der Waals surface area contributed by atoms with Gasteiger partial charge >= 0.3 is 0 Å². The highest BCUT2D eigenvalue weighted by atomic mass is 16.5. The average molecular weight is 491 g/mol. The number of aliphatic hydroxyl groups is 1. The minimum atomic E-state index is -0.337. The zero-order valence-corrected chi connectivity index (χ0v) is 21.3. The second-order valence-corrected chi connectivity index (χ2v) is 9.45. The van der Waals surface area contributed by atoms with Crippen molar-refractivity contribution in [3.63, 3.8) is 0 Å². The highest BCUT2D eigenvalue weighted by Crippen LogP contribution is 2.34. The summed E-state index contributed by atoms with van der Waals surface area (Å²) < 4.78 is 11.9. The number of nitrogens with zero attached hydrogens (tertiary/aromatic N) is 4. The summed E-state index contributed by atoms with van der Waals surface area (Å²) in [5.74, 6) is 0.823. The minimum absolute atomic E-state index is 0.0201. The van der Waals surface area contributed by atoms with Gasteiger partial charge < -0.3 is 19.5 Å². The molecule has 0 radical (unpaired) electrons. The number of methoxy groups -OCH3 is 1. The average Bonchev–Trinajstić information content (AvgIpc) is 2.90. The molecule has 1 amide bonds. The number of ether oxygens (including phenoxy) is 2. The van der Waals surface area contributed by atoms with E-state index in [0.29, 0.717) is 30.3 Å². The monoisotopic (exact) mass is 490 g/mol. The van der Waals surface area contributed by atoms with Crippen LogP contribution in [0.5, 0.6) is 11.6 Å². The lowest BCUT2D eigenvalue weighted by molar-refractivity contribution is 0.0325. The summed E-state index contributed by atoms with van der Waals surface area (Å²) in [6.07, 6.45) is 5.09. The molecule has 8 heteroatoms. The van der Waals surface area contributed by atoms with E-state index in [1.807, 2.05) is 56.4 Å². The largest absolute Gasteiger partial charge is 0.496 e. The summed E-state index contributed by atoms with van der Waals surface area (Å²) in [7, 11) is 3.67. The summed E-state index contributed by atoms with van der Waals surface area (Å²) in [4.78, 5) is 26.3. The number of pyridine rings is 2. The van der Waals surface area contributed by atoms with Crippen molar-refractivity contribution < 1.29 is 19.4 Å². The molecule has 3 atom stereocenters. The lowest BCUT2D eigenvalue weighted by Gasteiger charge is -2.37. The van der Waals surface area contributed by atoms with Crippen LogP contribution in [0.1, 0.15) is 29.8 Å². The summed E-state index contributed by atoms with van der Waals surface area (Å²) in [6.45, 7) is 5.66. The van der Waals surface area contributed by atoms with Crippen LogP contribution in [0.2, 0.25) is 0 Å². The number of carbonyl (C=O) groups is 1. The van der Waals surface area contributed by atoms with Gasteiger partial charge in [-0.3, -0.25) is 14.7 Å². The van der Waals surface area contributed by atoms with E-state index in [0.717, 1.165) is 23.2 Å². The summed E-state index contributed by atoms with van der Waals surface area (Å²) in [5, 5.41) is 9.91. The van der Waals surface area contributed by atoms with Gasteiger partial charge in [0.1, 0.15) is 17.4 Å². The fourth-order valence-electron chi connectivity index (χ4n) is 4.52. The van der Waals surface area contributed by atoms with Crippen molar-refractivity contribution in [3.8, 4) is 22.8 Å². The van der Waals surface area contributed by atoms with Crippen molar-refractivity contribution >= 4 is 5.91 Å². The first kappa shape index (κ1) is 25.6. The van der Waals surface area contributed by atoms with E-state index in [1.54, 1.807) is 30.6 Å². The second-order valence-electron chi connectivity index (χ2n) is 9.45. The van der Waals surface area contributed by atoms with E-state index < -0.39 is 0 Å². The molecule has 3 heterocycles. The van der Waals surface area contributed by atoms with Crippen molar-refractivity contribution in [2.75, 3.05) is 33.9 Å². The maximum atomic E-state index is 13.7. The topological polar surface area (TPSA) is 88.0 Å². The molecule has 0 saturated heterocycles. The van der Waals surface area contributed by atoms with Crippen molar-refractivity contribution in [3.05, 3.63) is 72.2 Å². The summed E-state index contributed by atoms with van der Waals surface area (Å²) in [6, 6.07) is 13.1. The third-order valence-corrected chi connectivity index (χ3v) is 6.63. The van der Waals surface area contributed by atoms with Gasteiger partial charge in [-0.1, -0.05) is 25.1 Å². The van der Waals surface area contributed by atoms with Gasteiger partial charge in [-0.2, -0.15) is 0 Å². The number of amides is 1. The molecule has 0 saturated carbocycles. The fourth-order valence-corrected chi connectivity index (χ4v) is 4.52. The number of benzene rings is 1. The van der Waals surface area contributed by atoms with Crippen LogP contribution in [0.3, 0.4) is 0 Å². The van der Waals surface area contributed by atoms with Gasteiger partial charge in [-0.05, 0) is 43.8 Å². The van der Waals surface area contributed by atoms with E-state index >= 15 is 0 Å². The van der Waals surface area contributed by atoms with Gasteiger partial charge in [0.25, 0.3) is 5.91 Å². The molecule has 1 N–H and O–H groups in total. The summed E-state index contributed by atoms with van der Waals surface area (Å²) in [5.41, 5.74) is 3.15. The third kappa shape index (κ3) is 5.66. The normalized spacial score (nSPS) is 18.7. The standard InChI is InChI=1S/C28H34N4O4/c1-19-15-32(20(2)18-33)28(34)24-13-22(23-7-5-6-8-25(23)35-4)14-30-27(24)36-26(19)17-31(3)16-21-9-11-29-12-10-21/h5-14,19-20,26,33H,15-18H2,1-4H3/t19-,20-,26+/m1/s1. The lowest BCUT2D eigenvalue weighted by atomic mass is 9.99. The zero-order chi connectivity index (χ0) is 25.7. The van der Waals surface area contributed by atoms with Gasteiger partial charge in [0.05, 0.1) is 19.8 Å². The minimum Gasteiger partial charge on any atom is -0.496 e. The van der Waals surface area contributed by atoms with Crippen molar-refractivity contribution in [1.29, 1.82) is 0 Å². The van der Waals surface area contributed by atoms with Gasteiger partial charge in [0.15, 0.2) is 0 Å². The molecule has 1 aromatic carbocycles. The van der Waals surface area contributed by atoms with Crippen LogP contribution in [0.25, 0.3) is 11.1 Å². The predicted molar refractivity (Wildman–Crippen MR) is 138 cm³/mol. The highest BCUT2D eigenvalue weighted by molar-refractivity contribution is 5.98. The number of hydrogen-bond acceptors (Lipinski definition) is 7. The SMILES string of the molecule is COc1ccccc1-c1cnc2c(c1)C(=O)N([C@H](C)CO)C[C@@H](C)[C@H](CN(C)Cc1ccncc1)O2. The second kappa shape index (κ2) is 11.5. The zero-order valence-electron chi connectivity index (χ0n) is 21.3. The number of aliphatic hydroxyl groups excluding tert-OH is 1. The molecule has 190 valence electrons. The molecule has 4 rings (SSSR count). The first-order valence-corrected chi connectivity index (χ1v) is 12.2. The van der Waals surface area contributed by atoms with E-state index in [9.17, 15) is 9.90 Å². The van der Waals surface area contributed by atoms with E-state index in [4.69, 9.17) is 9.47 Å². The predicted octanol–water partition coefficient (Wildman–Crippen LogP) is 3.50. The molecule has 0 fully saturated rings. The number of aromatic nitrogens is 2. The molecule has 1 aliphatic heterocycles. The van der Waals surface area contributed by atoms with Crippen LogP contribution in [-0.4, -0.2) is 76.8 Å². The third-order valence-electron chi connectivity index (χ3n) is 6.63. The molecule has 1 aliphatic rings. The molecule has 2 aromatic heterocycles. The van der Waals surface area contributed by atoms with Crippen molar-refractivity contribution in [2.45, 2.75) is 32.5 Å². The fraction of sp³-hybridized carbons (Fsp3) is 0.393. The Balaban J connectivity index is 1.68. The van der Waals surface area contributed by atoms with Crippen LogP contribution in [0.4, 0.5) is 0 Å². The number of para-hydroxylation sites is 1. The van der Waals surface area contributed by atoms with Crippen molar-refractivity contribution in [1.82, 2.24) is 19.8 Å². The number of hydrogen-bond donors (Lipinski definition) is 1. The number of rotatable bonds is 8. The molecule has 3 aromatic rings. The smallest absolute Gasteiger partial charge is 0.259 e. The Morgan fingerprint density at radius 1 is 1.22 bits per heavy atom. The van der Waals surface area contributed by atoms with E-state index in [1.165, 1.54) is 0 Å². The number of carbonyl (C=O) groups excluding carboxylic acids is 1. The Kier molecular flexibility index (Phi) is 8.18. The Labute approximate surface area is 212 Å². The van der Waals surface area contributed by atoms with Crippen LogP contribution < -0.4 is 9.47 Å². The molecule has 8 nitrogen and oxygen atoms in total. The number of fused-ring (bicyclic) bond motifs is 1. The summed E-state index contributed by atoms with van der Waals surface area (Å²) >= 11 is 0. The molecule has 0 bridgehead atoms. The number of likely N-dealkylation sites (N-methyl/N-ethyl adjacent to an activating group) is 1. The van der Waals surface area contributed by atoms with Gasteiger partial charge in [0.2, 0.25) is 5.88 Å². The van der Waals surface area contributed by atoms with Crippen LogP contribution in [-0.2, 0) is 6.54 Å². The maximum absolute atomic E-state index is 13.7. The highest BCUT2D eigenvalue weighted by Gasteiger charge is 2.34. The van der Waals surface area contributed by atoms with Crippen LogP contribution in [0.15, 0.2) is 61.1 Å².